The number of esters is 4. The average Bonchev–Trinajstić information content (AvgIpc) is 1.45. The van der Waals surface area contributed by atoms with Gasteiger partial charge in [0.2, 0.25) is 0 Å². The van der Waals surface area contributed by atoms with E-state index in [2.05, 4.69) is 55.4 Å². The highest BCUT2D eigenvalue weighted by Gasteiger charge is 2.30. The van der Waals surface area contributed by atoms with Crippen LogP contribution in [-0.2, 0) is 65.4 Å². The average molecular weight is 1380 g/mol. The third-order valence-electron chi connectivity index (χ3n) is 18.0. The van der Waals surface area contributed by atoms with Crippen LogP contribution in [0.4, 0.5) is 0 Å². The molecule has 558 valence electrons. The summed E-state index contributed by atoms with van der Waals surface area (Å²) in [5.41, 5.74) is 0. The molecule has 0 aliphatic rings. The lowest BCUT2D eigenvalue weighted by atomic mass is 9.99. The maximum atomic E-state index is 13.0. The third kappa shape index (κ3) is 66.0. The summed E-state index contributed by atoms with van der Waals surface area (Å²) in [7, 11) is -9.91. The number of phosphoric ester groups is 2. The van der Waals surface area contributed by atoms with Crippen LogP contribution in [0, 0.1) is 23.7 Å². The Bertz CT molecular complexity index is 1850. The molecule has 0 saturated carbocycles. The summed E-state index contributed by atoms with van der Waals surface area (Å²) >= 11 is 0. The molecule has 0 radical (unpaired) electrons. The molecule has 0 heterocycles. The Balaban J connectivity index is 5.12. The molecule has 0 aliphatic heterocycles. The quantitative estimate of drug-likeness (QED) is 0.0222. The van der Waals surface area contributed by atoms with E-state index in [0.717, 1.165) is 114 Å². The first kappa shape index (κ1) is 92.1. The molecule has 0 aromatic heterocycles. The van der Waals surface area contributed by atoms with Crippen LogP contribution in [0.25, 0.3) is 0 Å². The van der Waals surface area contributed by atoms with Gasteiger partial charge < -0.3 is 33.8 Å². The third-order valence-corrected chi connectivity index (χ3v) is 19.9. The second kappa shape index (κ2) is 64.4. The molecule has 94 heavy (non-hydrogen) atoms. The molecule has 0 aromatic rings. The van der Waals surface area contributed by atoms with Crippen molar-refractivity contribution in [2.75, 3.05) is 39.6 Å². The highest BCUT2D eigenvalue weighted by Crippen LogP contribution is 2.45. The van der Waals surface area contributed by atoms with E-state index in [0.29, 0.717) is 31.6 Å². The predicted molar refractivity (Wildman–Crippen MR) is 381 cm³/mol. The van der Waals surface area contributed by atoms with Crippen LogP contribution in [0.5, 0.6) is 0 Å². The van der Waals surface area contributed by atoms with Gasteiger partial charge in [0.25, 0.3) is 0 Å². The standard InChI is InChI=1S/C75H146O17P2/c1-9-67(7)53-45-37-28-24-19-17-15-13-11-12-14-16-18-20-25-29-39-47-55-72(77)85-61-71(92-75(80)58-50-42-34-32-38-46-54-68(8)10-2)64-90-94(83,84)88-60-69(76)59-87-93(81,82)89-63-70(62-86-73(78)56-48-40-33-31-36-44-52-66(5)6)91-74(79)57-49-41-30-26-22-21-23-27-35-43-51-65(3)4/h65-71,76H,9-64H2,1-8H3,(H,81,82)(H,83,84)/t67?,68?,69-,70+,71+/m0/s1. The van der Waals surface area contributed by atoms with Crippen LogP contribution in [0.1, 0.15) is 376 Å². The number of ether oxygens (including phenoxy) is 4. The molecule has 7 atom stereocenters. The van der Waals surface area contributed by atoms with Crippen molar-refractivity contribution >= 4 is 39.5 Å². The summed E-state index contributed by atoms with van der Waals surface area (Å²) in [6.07, 6.45) is 48.9. The molecule has 0 aliphatic carbocycles. The van der Waals surface area contributed by atoms with Crippen molar-refractivity contribution in [1.29, 1.82) is 0 Å². The van der Waals surface area contributed by atoms with E-state index >= 15 is 0 Å². The lowest BCUT2D eigenvalue weighted by molar-refractivity contribution is -0.161. The molecule has 4 unspecified atom stereocenters. The number of carbonyl (C=O) groups is 4. The number of rotatable bonds is 72. The fraction of sp³-hybridized carbons (Fsp3) is 0.947. The highest BCUT2D eigenvalue weighted by molar-refractivity contribution is 7.47. The van der Waals surface area contributed by atoms with Crippen LogP contribution in [0.15, 0.2) is 0 Å². The number of phosphoric acid groups is 2. The first-order valence-electron chi connectivity index (χ1n) is 38.8. The normalized spacial score (nSPS) is 14.7. The van der Waals surface area contributed by atoms with Gasteiger partial charge in [0.1, 0.15) is 19.3 Å². The number of hydrogen-bond donors (Lipinski definition) is 3. The maximum Gasteiger partial charge on any atom is 0.472 e. The summed E-state index contributed by atoms with van der Waals surface area (Å²) in [5.74, 6) is 0.896. The van der Waals surface area contributed by atoms with Crippen LogP contribution >= 0.6 is 15.6 Å². The van der Waals surface area contributed by atoms with Crippen LogP contribution in [0.3, 0.4) is 0 Å². The van der Waals surface area contributed by atoms with Crippen LogP contribution in [-0.4, -0.2) is 96.7 Å². The SMILES string of the molecule is CCC(C)CCCCCCCCCCCCCCCCCCCCC(=O)OC[C@H](COP(=O)(O)OC[C@@H](O)COP(=O)(O)OC[C@@H](COC(=O)CCCCCCCCC(C)C)OC(=O)CCCCCCCCCCCCC(C)C)OC(=O)CCCCCCCCC(C)CC. The molecule has 0 spiro atoms. The molecule has 0 amide bonds. The van der Waals surface area contributed by atoms with E-state index in [1.807, 2.05) is 0 Å². The van der Waals surface area contributed by atoms with Crippen molar-refractivity contribution in [3.63, 3.8) is 0 Å². The van der Waals surface area contributed by atoms with E-state index in [-0.39, 0.29) is 25.7 Å². The van der Waals surface area contributed by atoms with Gasteiger partial charge in [-0.05, 0) is 49.4 Å². The summed E-state index contributed by atoms with van der Waals surface area (Å²) in [5, 5.41) is 10.6. The first-order valence-corrected chi connectivity index (χ1v) is 41.8. The van der Waals surface area contributed by atoms with E-state index in [4.69, 9.17) is 37.0 Å². The number of aliphatic hydroxyl groups excluding tert-OH is 1. The molecular formula is C75H146O17P2. The summed E-state index contributed by atoms with van der Waals surface area (Å²) in [6.45, 7) is 14.1. The minimum absolute atomic E-state index is 0.103. The minimum atomic E-state index is -4.95. The zero-order chi connectivity index (χ0) is 69.6. The topological polar surface area (TPSA) is 237 Å². The van der Waals surface area contributed by atoms with E-state index in [1.165, 1.54) is 173 Å². The first-order chi connectivity index (χ1) is 45.2. The van der Waals surface area contributed by atoms with Gasteiger partial charge in [-0.15, -0.1) is 0 Å². The smallest absolute Gasteiger partial charge is 0.462 e. The molecular weight excluding hydrogens is 1230 g/mol. The van der Waals surface area contributed by atoms with E-state index in [9.17, 15) is 43.2 Å². The number of carbonyl (C=O) groups excluding carboxylic acids is 4. The fourth-order valence-electron chi connectivity index (χ4n) is 11.3. The van der Waals surface area contributed by atoms with Crippen molar-refractivity contribution in [3.05, 3.63) is 0 Å². The van der Waals surface area contributed by atoms with Gasteiger partial charge in [0, 0.05) is 25.7 Å². The van der Waals surface area contributed by atoms with Gasteiger partial charge >= 0.3 is 39.5 Å². The molecule has 0 fully saturated rings. The zero-order valence-corrected chi connectivity index (χ0v) is 63.4. The lowest BCUT2D eigenvalue weighted by Crippen LogP contribution is -2.30. The van der Waals surface area contributed by atoms with Gasteiger partial charge in [0.15, 0.2) is 12.2 Å². The number of hydrogen-bond acceptors (Lipinski definition) is 15. The van der Waals surface area contributed by atoms with E-state index < -0.39 is 97.5 Å². The second-order valence-corrected chi connectivity index (χ2v) is 31.4. The predicted octanol–water partition coefficient (Wildman–Crippen LogP) is 21.7. The van der Waals surface area contributed by atoms with Gasteiger partial charge in [-0.1, -0.05) is 325 Å². The van der Waals surface area contributed by atoms with Gasteiger partial charge in [-0.2, -0.15) is 0 Å². The Labute approximate surface area is 575 Å². The van der Waals surface area contributed by atoms with Gasteiger partial charge in [-0.3, -0.25) is 37.3 Å². The van der Waals surface area contributed by atoms with Crippen molar-refractivity contribution in [1.82, 2.24) is 0 Å². The molecule has 0 saturated heterocycles. The molecule has 0 aromatic carbocycles. The second-order valence-electron chi connectivity index (χ2n) is 28.5. The Hall–Kier alpha value is -1.94. The monoisotopic (exact) mass is 1380 g/mol. The lowest BCUT2D eigenvalue weighted by Gasteiger charge is -2.21. The fourth-order valence-corrected chi connectivity index (χ4v) is 12.9. The Morgan fingerprint density at radius 1 is 0.298 bits per heavy atom. The van der Waals surface area contributed by atoms with Crippen molar-refractivity contribution < 1.29 is 80.2 Å². The van der Waals surface area contributed by atoms with Gasteiger partial charge in [0.05, 0.1) is 26.4 Å². The van der Waals surface area contributed by atoms with Gasteiger partial charge in [-0.25, -0.2) is 9.13 Å². The van der Waals surface area contributed by atoms with Crippen LogP contribution in [0.2, 0.25) is 0 Å². The molecule has 0 rings (SSSR count). The van der Waals surface area contributed by atoms with E-state index in [1.54, 1.807) is 0 Å². The molecule has 3 N–H and O–H groups in total. The highest BCUT2D eigenvalue weighted by atomic mass is 31.2. The zero-order valence-electron chi connectivity index (χ0n) is 61.6. The number of unbranched alkanes of at least 4 members (excludes halogenated alkanes) is 36. The number of aliphatic hydroxyl groups is 1. The maximum absolute atomic E-state index is 13.0. The largest absolute Gasteiger partial charge is 0.472 e. The Morgan fingerprint density at radius 3 is 0.755 bits per heavy atom. The Morgan fingerprint density at radius 2 is 0.511 bits per heavy atom. The van der Waals surface area contributed by atoms with Crippen molar-refractivity contribution in [2.24, 2.45) is 23.7 Å². The summed E-state index contributed by atoms with van der Waals surface area (Å²) in [6, 6.07) is 0. The summed E-state index contributed by atoms with van der Waals surface area (Å²) < 4.78 is 68.4. The Kier molecular flexibility index (Phi) is 63.1. The van der Waals surface area contributed by atoms with Crippen molar-refractivity contribution in [3.8, 4) is 0 Å². The minimum Gasteiger partial charge on any atom is -0.462 e. The molecule has 19 heteroatoms. The van der Waals surface area contributed by atoms with Crippen LogP contribution < -0.4 is 0 Å². The van der Waals surface area contributed by atoms with Crippen molar-refractivity contribution in [2.45, 2.75) is 395 Å². The summed E-state index contributed by atoms with van der Waals surface area (Å²) in [4.78, 5) is 72.6. The molecule has 0 bridgehead atoms. The molecule has 17 nitrogen and oxygen atoms in total.